The van der Waals surface area contributed by atoms with E-state index in [1.807, 2.05) is 0 Å². The zero-order valence-electron chi connectivity index (χ0n) is 43.6. The maximum atomic E-state index is 5.75. The lowest BCUT2D eigenvalue weighted by Crippen LogP contribution is -2.44. The highest BCUT2D eigenvalue weighted by Crippen LogP contribution is 2.57. The van der Waals surface area contributed by atoms with E-state index in [4.69, 9.17) is 19.9 Å². The Hall–Kier alpha value is -8.95. The molecule has 14 rings (SSSR count). The number of rotatable bonds is 11. The molecule has 6 heteroatoms. The van der Waals surface area contributed by atoms with Crippen molar-refractivity contribution in [1.29, 1.82) is 0 Å². The molecule has 8 aromatic carbocycles. The maximum Gasteiger partial charge on any atom is 0.0666 e. The number of fused-ring (bicyclic) bond motifs is 4. The molecule has 4 nitrogen and oxygen atoms in total. The molecule has 0 amide bonds. The summed E-state index contributed by atoms with van der Waals surface area (Å²) in [6.07, 6.45) is 9.96. The van der Waals surface area contributed by atoms with E-state index in [0.29, 0.717) is 0 Å². The van der Waals surface area contributed by atoms with E-state index in [9.17, 15) is 0 Å². The van der Waals surface area contributed by atoms with Gasteiger partial charge in [-0.1, -0.05) is 231 Å². The van der Waals surface area contributed by atoms with Crippen molar-refractivity contribution in [2.75, 3.05) is 0 Å². The second-order valence-corrected chi connectivity index (χ2v) is 26.1. The molecule has 0 N–H and O–H groups in total. The number of aromatic nitrogens is 4. The molecule has 4 aromatic heterocycles. The normalized spacial score (nSPS) is 17.6. The predicted octanol–water partition coefficient (Wildman–Crippen LogP) is 16.0. The van der Waals surface area contributed by atoms with E-state index in [1.54, 1.807) is 0 Å². The highest BCUT2D eigenvalue weighted by atomic mass is 28.2. The molecule has 0 fully saturated rings. The molecule has 0 saturated carbocycles. The Morgan fingerprint density at radius 3 is 0.897 bits per heavy atom. The van der Waals surface area contributed by atoms with E-state index in [0.717, 1.165) is 57.2 Å². The fraction of sp³-hybridized carbons (Fsp3) is 0.0833. The van der Waals surface area contributed by atoms with Gasteiger partial charge in [0.1, 0.15) is 0 Å². The fourth-order valence-corrected chi connectivity index (χ4v) is 19.8. The third-order valence-corrected chi connectivity index (χ3v) is 23.5. The van der Waals surface area contributed by atoms with Crippen LogP contribution in [0.1, 0.15) is 57.9 Å². The van der Waals surface area contributed by atoms with Crippen LogP contribution in [0.25, 0.3) is 65.4 Å². The minimum atomic E-state index is -1.74. The van der Waals surface area contributed by atoms with Crippen LogP contribution >= 0.6 is 0 Å². The van der Waals surface area contributed by atoms with Crippen molar-refractivity contribution in [2.24, 2.45) is 0 Å². The van der Waals surface area contributed by atoms with E-state index >= 15 is 0 Å². The van der Waals surface area contributed by atoms with Gasteiger partial charge in [-0.05, 0) is 114 Å². The van der Waals surface area contributed by atoms with E-state index in [-0.39, 0.29) is 0 Å². The minimum Gasteiger partial charge on any atom is -0.260 e. The molecule has 0 bridgehead atoms. The molecule has 370 valence electrons. The van der Waals surface area contributed by atoms with Crippen LogP contribution in [0.2, 0.25) is 13.1 Å². The third-order valence-electron chi connectivity index (χ3n) is 16.9. The lowest BCUT2D eigenvalue weighted by atomic mass is 9.74. The summed E-state index contributed by atoms with van der Waals surface area (Å²) in [5.41, 5.74) is 14.2. The number of pyridine rings is 4. The summed E-state index contributed by atoms with van der Waals surface area (Å²) in [7, 11) is -3.47. The van der Waals surface area contributed by atoms with Crippen LogP contribution in [0, 0.1) is 0 Å². The van der Waals surface area contributed by atoms with Crippen molar-refractivity contribution in [3.8, 4) is 0 Å². The first-order chi connectivity index (χ1) is 38.5. The van der Waals surface area contributed by atoms with E-state index < -0.39 is 26.9 Å². The van der Waals surface area contributed by atoms with Crippen LogP contribution in [0.3, 0.4) is 0 Å². The Balaban J connectivity index is 1.13. The van der Waals surface area contributed by atoms with Gasteiger partial charge < -0.3 is 0 Å². The summed E-state index contributed by atoms with van der Waals surface area (Å²) >= 11 is 0. The Kier molecular flexibility index (Phi) is 11.9. The van der Waals surface area contributed by atoms with Gasteiger partial charge in [-0.3, -0.25) is 19.9 Å². The summed E-state index contributed by atoms with van der Waals surface area (Å²) in [6, 6.07) is 89.1. The molecule has 12 aromatic rings. The number of allylic oxidation sites excluding steroid dienone is 4. The Labute approximate surface area is 458 Å². The quantitative estimate of drug-likeness (QED) is 0.121. The van der Waals surface area contributed by atoms with E-state index in [1.165, 1.54) is 76.4 Å². The standard InChI is InChI=1S/C72H54N4Si2/c1-77-69(61-41-53-31-15-19-35-57(53)45-73-61)65(49-23-7-3-8-24-49)67(51-27-11-5-12-28-51)71(77,63-43-55-33-17-21-37-59(55)47-75-63)39-40-72(64-44-56-34-18-22-38-60(56)48-76-64)68(52-29-13-6-14-30-52)66(50-25-9-4-10-26-50)70(78(72)2)62-42-54-32-16-20-36-58(54)46-74-62/h3-38,41-48H,39-40H2,1-2H3. The van der Waals surface area contributed by atoms with Gasteiger partial charge in [0.25, 0.3) is 0 Å². The first kappa shape index (κ1) is 47.5. The first-order valence-electron chi connectivity index (χ1n) is 27.1. The van der Waals surface area contributed by atoms with Crippen LogP contribution in [-0.4, -0.2) is 47.1 Å². The monoisotopic (exact) mass is 1030 g/mol. The number of nitrogens with zero attached hydrogens (tertiary/aromatic N) is 4. The SMILES string of the molecule is C[Si]1=C(c2cc3ccccc3cn2)C(c2ccccc2)=C(c2ccccc2)C1(CCC1(c2cc3ccccc3cn2)C(c2ccccc2)=C(c2ccccc2)C(c2cc3ccccc3cn2)=[Si]1C)c1cc2ccccc2cn1. The molecule has 2 aliphatic heterocycles. The number of hydrogen-bond acceptors (Lipinski definition) is 4. The van der Waals surface area contributed by atoms with Crippen molar-refractivity contribution in [1.82, 2.24) is 19.9 Å². The summed E-state index contributed by atoms with van der Waals surface area (Å²) in [5, 5.41) is 10.7. The minimum absolute atomic E-state index is 0.603. The van der Waals surface area contributed by atoms with Gasteiger partial charge in [-0.2, -0.15) is 0 Å². The molecular formula is C72H54N4Si2. The van der Waals surface area contributed by atoms with Crippen LogP contribution in [0.15, 0.2) is 267 Å². The second kappa shape index (κ2) is 19.6. The van der Waals surface area contributed by atoms with Crippen molar-refractivity contribution in [2.45, 2.75) is 36.0 Å². The molecule has 6 heterocycles. The Morgan fingerprint density at radius 2 is 0.564 bits per heavy atom. The van der Waals surface area contributed by atoms with Gasteiger partial charge in [0, 0.05) is 73.2 Å². The zero-order valence-corrected chi connectivity index (χ0v) is 45.6. The molecule has 2 unspecified atom stereocenters. The van der Waals surface area contributed by atoms with Crippen molar-refractivity contribution in [3.63, 3.8) is 0 Å². The van der Waals surface area contributed by atoms with Gasteiger partial charge >= 0.3 is 0 Å². The van der Waals surface area contributed by atoms with E-state index in [2.05, 4.69) is 281 Å². The summed E-state index contributed by atoms with van der Waals surface area (Å²) < 4.78 is 0. The van der Waals surface area contributed by atoms with Crippen molar-refractivity contribution < 1.29 is 0 Å². The van der Waals surface area contributed by atoms with Crippen LogP contribution < -0.4 is 0 Å². The largest absolute Gasteiger partial charge is 0.260 e. The maximum absolute atomic E-state index is 5.75. The lowest BCUT2D eigenvalue weighted by molar-refractivity contribution is 0.551. The average Bonchev–Trinajstić information content (AvgIpc) is 3.97. The first-order valence-corrected chi connectivity index (χ1v) is 31.1. The number of hydrogen-bond donors (Lipinski definition) is 0. The molecule has 0 spiro atoms. The van der Waals surface area contributed by atoms with Gasteiger partial charge in [0.15, 0.2) is 0 Å². The molecule has 2 atom stereocenters. The van der Waals surface area contributed by atoms with Gasteiger partial charge in [-0.15, -0.1) is 0 Å². The topological polar surface area (TPSA) is 51.6 Å². The Bertz CT molecular complexity index is 4170. The summed E-state index contributed by atoms with van der Waals surface area (Å²) in [6.45, 7) is 5.14. The molecule has 0 saturated heterocycles. The molecule has 0 aliphatic carbocycles. The molecule has 0 radical (unpaired) electrons. The lowest BCUT2D eigenvalue weighted by Gasteiger charge is -2.41. The van der Waals surface area contributed by atoms with Crippen LogP contribution in [-0.2, 0) is 10.1 Å². The summed E-state index contributed by atoms with van der Waals surface area (Å²) in [5.74, 6) is 0. The third kappa shape index (κ3) is 7.77. The van der Waals surface area contributed by atoms with Crippen molar-refractivity contribution in [3.05, 3.63) is 312 Å². The number of benzene rings is 8. The Morgan fingerprint density at radius 1 is 0.295 bits per heavy atom. The van der Waals surface area contributed by atoms with Crippen LogP contribution in [0.5, 0.6) is 0 Å². The van der Waals surface area contributed by atoms with Crippen LogP contribution in [0.4, 0.5) is 0 Å². The van der Waals surface area contributed by atoms with Gasteiger partial charge in [0.2, 0.25) is 0 Å². The predicted molar refractivity (Wildman–Crippen MR) is 330 cm³/mol. The summed E-state index contributed by atoms with van der Waals surface area (Å²) in [4.78, 5) is 22.4. The highest BCUT2D eigenvalue weighted by molar-refractivity contribution is 6.88. The van der Waals surface area contributed by atoms with Crippen molar-refractivity contribution >= 4 is 92.5 Å². The average molecular weight is 1030 g/mol. The fourth-order valence-electron chi connectivity index (χ4n) is 13.2. The van der Waals surface area contributed by atoms with Gasteiger partial charge in [-0.25, -0.2) is 0 Å². The molecular weight excluding hydrogens is 977 g/mol. The molecule has 78 heavy (non-hydrogen) atoms. The highest BCUT2D eigenvalue weighted by Gasteiger charge is 2.54. The smallest absolute Gasteiger partial charge is 0.0666 e. The zero-order chi connectivity index (χ0) is 52.2. The van der Waals surface area contributed by atoms with Gasteiger partial charge in [0.05, 0.1) is 22.8 Å². The molecule has 2 aliphatic rings. The second-order valence-electron chi connectivity index (χ2n) is 20.9.